The Kier molecular flexibility index (Phi) is 5.29. The minimum atomic E-state index is -0.868. The SMILES string of the molecule is CCOCCC(C(=O)O)c1ccccc1Cl. The summed E-state index contributed by atoms with van der Waals surface area (Å²) in [7, 11) is 0. The lowest BCUT2D eigenvalue weighted by Crippen LogP contribution is -2.14. The Morgan fingerprint density at radius 3 is 2.75 bits per heavy atom. The highest BCUT2D eigenvalue weighted by Crippen LogP contribution is 2.27. The molecular weight excluding hydrogens is 228 g/mol. The molecule has 3 nitrogen and oxygen atoms in total. The first kappa shape index (κ1) is 13.0. The molecule has 0 amide bonds. The highest BCUT2D eigenvalue weighted by Gasteiger charge is 2.21. The van der Waals surface area contributed by atoms with Gasteiger partial charge >= 0.3 is 5.97 Å². The highest BCUT2D eigenvalue weighted by molar-refractivity contribution is 6.31. The van der Waals surface area contributed by atoms with Crippen LogP contribution < -0.4 is 0 Å². The predicted octanol–water partition coefficient (Wildman–Crippen LogP) is 2.93. The van der Waals surface area contributed by atoms with E-state index in [-0.39, 0.29) is 0 Å². The van der Waals surface area contributed by atoms with Crippen LogP contribution >= 0.6 is 11.6 Å². The number of carboxylic acid groups (broad SMARTS) is 1. The molecule has 1 atom stereocenters. The second-order valence-electron chi connectivity index (χ2n) is 3.40. The molecule has 0 saturated heterocycles. The predicted molar refractivity (Wildman–Crippen MR) is 62.9 cm³/mol. The maximum atomic E-state index is 11.1. The zero-order valence-electron chi connectivity index (χ0n) is 9.15. The van der Waals surface area contributed by atoms with Crippen LogP contribution in [0.25, 0.3) is 0 Å². The molecule has 1 unspecified atom stereocenters. The van der Waals surface area contributed by atoms with E-state index in [1.54, 1.807) is 24.3 Å². The molecule has 0 aromatic heterocycles. The van der Waals surface area contributed by atoms with Crippen LogP contribution in [0.3, 0.4) is 0 Å². The number of halogens is 1. The van der Waals surface area contributed by atoms with Crippen LogP contribution in [0, 0.1) is 0 Å². The van der Waals surface area contributed by atoms with Crippen molar-refractivity contribution in [2.24, 2.45) is 0 Å². The lowest BCUT2D eigenvalue weighted by molar-refractivity contribution is -0.139. The fourth-order valence-electron chi connectivity index (χ4n) is 1.52. The van der Waals surface area contributed by atoms with Gasteiger partial charge in [0.15, 0.2) is 0 Å². The molecule has 88 valence electrons. The smallest absolute Gasteiger partial charge is 0.311 e. The zero-order chi connectivity index (χ0) is 12.0. The molecule has 0 radical (unpaired) electrons. The lowest BCUT2D eigenvalue weighted by atomic mass is 9.96. The summed E-state index contributed by atoms with van der Waals surface area (Å²) < 4.78 is 5.17. The summed E-state index contributed by atoms with van der Waals surface area (Å²) in [4.78, 5) is 11.1. The number of carbonyl (C=O) groups is 1. The van der Waals surface area contributed by atoms with Gasteiger partial charge in [0, 0.05) is 18.2 Å². The second kappa shape index (κ2) is 6.51. The molecule has 1 N–H and O–H groups in total. The molecule has 0 aliphatic heterocycles. The van der Waals surface area contributed by atoms with Crippen molar-refractivity contribution in [2.75, 3.05) is 13.2 Å². The van der Waals surface area contributed by atoms with Gasteiger partial charge in [0.2, 0.25) is 0 Å². The van der Waals surface area contributed by atoms with Crippen molar-refractivity contribution in [1.82, 2.24) is 0 Å². The average molecular weight is 243 g/mol. The minimum Gasteiger partial charge on any atom is -0.481 e. The Hall–Kier alpha value is -1.06. The van der Waals surface area contributed by atoms with Crippen molar-refractivity contribution in [1.29, 1.82) is 0 Å². The monoisotopic (exact) mass is 242 g/mol. The molecule has 1 rings (SSSR count). The van der Waals surface area contributed by atoms with Crippen molar-refractivity contribution in [3.63, 3.8) is 0 Å². The molecule has 0 aliphatic rings. The molecule has 0 heterocycles. The summed E-state index contributed by atoms with van der Waals surface area (Å²) in [5, 5.41) is 9.63. The second-order valence-corrected chi connectivity index (χ2v) is 3.81. The quantitative estimate of drug-likeness (QED) is 0.781. The normalized spacial score (nSPS) is 12.4. The van der Waals surface area contributed by atoms with Crippen molar-refractivity contribution >= 4 is 17.6 Å². The number of hydrogen-bond donors (Lipinski definition) is 1. The maximum Gasteiger partial charge on any atom is 0.311 e. The van der Waals surface area contributed by atoms with Gasteiger partial charge in [-0.1, -0.05) is 29.8 Å². The van der Waals surface area contributed by atoms with Crippen LogP contribution in [0.15, 0.2) is 24.3 Å². The van der Waals surface area contributed by atoms with E-state index in [9.17, 15) is 4.79 Å². The average Bonchev–Trinajstić information content (AvgIpc) is 2.25. The summed E-state index contributed by atoms with van der Waals surface area (Å²) >= 11 is 5.97. The van der Waals surface area contributed by atoms with E-state index >= 15 is 0 Å². The Morgan fingerprint density at radius 1 is 1.50 bits per heavy atom. The van der Waals surface area contributed by atoms with Crippen molar-refractivity contribution in [3.8, 4) is 0 Å². The summed E-state index contributed by atoms with van der Waals surface area (Å²) in [5.74, 6) is -1.46. The van der Waals surface area contributed by atoms with Crippen LogP contribution in [0.4, 0.5) is 0 Å². The summed E-state index contributed by atoms with van der Waals surface area (Å²) in [5.41, 5.74) is 0.649. The number of ether oxygens (including phenoxy) is 1. The van der Waals surface area contributed by atoms with E-state index < -0.39 is 11.9 Å². The van der Waals surface area contributed by atoms with Gasteiger partial charge < -0.3 is 9.84 Å². The molecule has 0 saturated carbocycles. The number of rotatable bonds is 6. The molecule has 0 aliphatic carbocycles. The maximum absolute atomic E-state index is 11.1. The van der Waals surface area contributed by atoms with Crippen LogP contribution in [0.1, 0.15) is 24.8 Å². The Balaban J connectivity index is 2.78. The molecular formula is C12H15ClO3. The van der Waals surface area contributed by atoms with Gasteiger partial charge in [-0.15, -0.1) is 0 Å². The van der Waals surface area contributed by atoms with Gasteiger partial charge in [-0.25, -0.2) is 0 Å². The fourth-order valence-corrected chi connectivity index (χ4v) is 1.78. The topological polar surface area (TPSA) is 46.5 Å². The first-order valence-electron chi connectivity index (χ1n) is 5.21. The Labute approximate surface area is 100.0 Å². The van der Waals surface area contributed by atoms with Gasteiger partial charge in [-0.2, -0.15) is 0 Å². The summed E-state index contributed by atoms with van der Waals surface area (Å²) in [6.45, 7) is 2.90. The molecule has 4 heteroatoms. The van der Waals surface area contributed by atoms with Crippen molar-refractivity contribution in [3.05, 3.63) is 34.9 Å². The third-order valence-corrected chi connectivity index (χ3v) is 2.68. The fraction of sp³-hybridized carbons (Fsp3) is 0.417. The van der Waals surface area contributed by atoms with Gasteiger partial charge in [-0.05, 0) is 25.0 Å². The van der Waals surface area contributed by atoms with E-state index in [2.05, 4.69) is 0 Å². The van der Waals surface area contributed by atoms with Gasteiger partial charge in [0.25, 0.3) is 0 Å². The third kappa shape index (κ3) is 3.51. The Morgan fingerprint density at radius 2 is 2.19 bits per heavy atom. The highest BCUT2D eigenvalue weighted by atomic mass is 35.5. The molecule has 1 aromatic rings. The van der Waals surface area contributed by atoms with Crippen molar-refractivity contribution < 1.29 is 14.6 Å². The molecule has 0 fully saturated rings. The first-order chi connectivity index (χ1) is 7.66. The zero-order valence-corrected chi connectivity index (χ0v) is 9.91. The first-order valence-corrected chi connectivity index (χ1v) is 5.59. The van der Waals surface area contributed by atoms with E-state index in [0.717, 1.165) is 0 Å². The molecule has 0 bridgehead atoms. The summed E-state index contributed by atoms with van der Waals surface area (Å²) in [6, 6.07) is 7.02. The number of carboxylic acids is 1. The van der Waals surface area contributed by atoms with Gasteiger partial charge in [-0.3, -0.25) is 4.79 Å². The lowest BCUT2D eigenvalue weighted by Gasteiger charge is -2.13. The third-order valence-electron chi connectivity index (χ3n) is 2.33. The number of hydrogen-bond acceptors (Lipinski definition) is 2. The molecule has 1 aromatic carbocycles. The molecule has 16 heavy (non-hydrogen) atoms. The van der Waals surface area contributed by atoms with E-state index in [1.807, 2.05) is 6.92 Å². The molecule has 0 spiro atoms. The van der Waals surface area contributed by atoms with Crippen molar-refractivity contribution in [2.45, 2.75) is 19.3 Å². The number of benzene rings is 1. The van der Waals surface area contributed by atoms with Gasteiger partial charge in [0.1, 0.15) is 0 Å². The minimum absolute atomic E-state index is 0.429. The van der Waals surface area contributed by atoms with Gasteiger partial charge in [0.05, 0.1) is 5.92 Å². The Bertz CT molecular complexity index is 352. The van der Waals surface area contributed by atoms with Crippen LogP contribution in [-0.2, 0) is 9.53 Å². The summed E-state index contributed by atoms with van der Waals surface area (Å²) in [6.07, 6.45) is 0.437. The standard InChI is InChI=1S/C12H15ClO3/c1-2-16-8-7-10(12(14)15)9-5-3-4-6-11(9)13/h3-6,10H,2,7-8H2,1H3,(H,14,15). The largest absolute Gasteiger partial charge is 0.481 e. The van der Waals surface area contributed by atoms with Crippen LogP contribution in [-0.4, -0.2) is 24.3 Å². The van der Waals surface area contributed by atoms with E-state index in [1.165, 1.54) is 0 Å². The van der Waals surface area contributed by atoms with Crippen LogP contribution in [0.2, 0.25) is 5.02 Å². The van der Waals surface area contributed by atoms with E-state index in [4.69, 9.17) is 21.4 Å². The van der Waals surface area contributed by atoms with E-state index in [0.29, 0.717) is 30.2 Å². The number of aliphatic carboxylic acids is 1. The van der Waals surface area contributed by atoms with Crippen LogP contribution in [0.5, 0.6) is 0 Å².